The molecular formula is C6H11N3. The minimum atomic E-state index is 0.707. The second-order valence-electron chi connectivity index (χ2n) is 1.79. The van der Waals surface area contributed by atoms with Crippen LogP contribution >= 0.6 is 0 Å². The molecule has 0 aliphatic heterocycles. The third kappa shape index (κ3) is 4.74. The summed E-state index contributed by atoms with van der Waals surface area (Å²) in [4.78, 5) is 3.67. The Morgan fingerprint density at radius 1 is 1.56 bits per heavy atom. The van der Waals surface area contributed by atoms with E-state index in [1.807, 2.05) is 0 Å². The molecule has 0 amide bonds. The molecule has 0 aliphatic rings. The van der Waals surface area contributed by atoms with E-state index in [2.05, 4.69) is 4.99 Å². The first kappa shape index (κ1) is 7.88. The highest BCUT2D eigenvalue weighted by molar-refractivity contribution is 5.97. The van der Waals surface area contributed by atoms with E-state index in [1.54, 1.807) is 19.9 Å². The Morgan fingerprint density at radius 3 is 2.44 bits per heavy atom. The van der Waals surface area contributed by atoms with Crippen LogP contribution in [0.3, 0.4) is 0 Å². The van der Waals surface area contributed by atoms with Gasteiger partial charge in [-0.05, 0) is 19.9 Å². The van der Waals surface area contributed by atoms with Crippen molar-refractivity contribution in [3.8, 4) is 0 Å². The van der Waals surface area contributed by atoms with Gasteiger partial charge in [-0.3, -0.25) is 5.41 Å². The standard InChI is InChI=1S/C6H11N3/c1-5(8)3-6(2)9-4-7/h3-4,7H,8H2,1-2H3/b5-3+,7-4?,9-6?. The van der Waals surface area contributed by atoms with Crippen LogP contribution in [0.5, 0.6) is 0 Å². The number of nitrogens with zero attached hydrogens (tertiary/aromatic N) is 1. The Balaban J connectivity index is 4.05. The third-order valence-electron chi connectivity index (χ3n) is 0.705. The van der Waals surface area contributed by atoms with Crippen molar-refractivity contribution in [2.24, 2.45) is 10.7 Å². The molecule has 0 aromatic rings. The first-order chi connectivity index (χ1) is 4.16. The number of nitrogens with two attached hydrogens (primary N) is 1. The lowest BCUT2D eigenvalue weighted by Gasteiger charge is -1.88. The zero-order valence-corrected chi connectivity index (χ0v) is 5.68. The van der Waals surface area contributed by atoms with Gasteiger partial charge in [-0.2, -0.15) is 0 Å². The lowest BCUT2D eigenvalue weighted by molar-refractivity contribution is 1.32. The quantitative estimate of drug-likeness (QED) is 0.418. The van der Waals surface area contributed by atoms with Crippen molar-refractivity contribution in [2.45, 2.75) is 13.8 Å². The van der Waals surface area contributed by atoms with Crippen molar-refractivity contribution in [1.29, 1.82) is 5.41 Å². The van der Waals surface area contributed by atoms with Crippen LogP contribution in [-0.2, 0) is 0 Å². The normalized spacial score (nSPS) is 13.6. The molecule has 0 rings (SSSR count). The number of allylic oxidation sites excluding steroid dienone is 2. The molecule has 0 aliphatic carbocycles. The van der Waals surface area contributed by atoms with Crippen molar-refractivity contribution >= 4 is 12.1 Å². The van der Waals surface area contributed by atoms with E-state index < -0.39 is 0 Å². The van der Waals surface area contributed by atoms with E-state index in [0.29, 0.717) is 5.70 Å². The van der Waals surface area contributed by atoms with Crippen LogP contribution < -0.4 is 5.73 Å². The van der Waals surface area contributed by atoms with Crippen molar-refractivity contribution < 1.29 is 0 Å². The van der Waals surface area contributed by atoms with Crippen molar-refractivity contribution in [2.75, 3.05) is 0 Å². The summed E-state index contributed by atoms with van der Waals surface area (Å²) in [7, 11) is 0. The van der Waals surface area contributed by atoms with Gasteiger partial charge < -0.3 is 5.73 Å². The molecule has 9 heavy (non-hydrogen) atoms. The van der Waals surface area contributed by atoms with E-state index in [9.17, 15) is 0 Å². The van der Waals surface area contributed by atoms with Gasteiger partial charge in [0.1, 0.15) is 6.34 Å². The summed E-state index contributed by atoms with van der Waals surface area (Å²) in [5.74, 6) is 0. The Hall–Kier alpha value is -1.12. The van der Waals surface area contributed by atoms with Gasteiger partial charge in [0.05, 0.1) is 0 Å². The predicted molar refractivity (Wildman–Crippen MR) is 39.8 cm³/mol. The molecule has 0 aromatic heterocycles. The molecule has 0 saturated carbocycles. The highest BCUT2D eigenvalue weighted by Crippen LogP contribution is 1.82. The van der Waals surface area contributed by atoms with Gasteiger partial charge >= 0.3 is 0 Å². The largest absolute Gasteiger partial charge is 0.402 e. The summed E-state index contributed by atoms with van der Waals surface area (Å²) < 4.78 is 0. The van der Waals surface area contributed by atoms with Crippen molar-refractivity contribution in [1.82, 2.24) is 0 Å². The van der Waals surface area contributed by atoms with Gasteiger partial charge in [0.25, 0.3) is 0 Å². The topological polar surface area (TPSA) is 62.2 Å². The van der Waals surface area contributed by atoms with E-state index >= 15 is 0 Å². The highest BCUT2D eigenvalue weighted by atomic mass is 14.8. The molecule has 0 bridgehead atoms. The van der Waals surface area contributed by atoms with Crippen molar-refractivity contribution in [3.63, 3.8) is 0 Å². The maximum atomic E-state index is 6.59. The lowest BCUT2D eigenvalue weighted by Crippen LogP contribution is -1.95. The molecule has 0 spiro atoms. The number of hydrogen-bond donors (Lipinski definition) is 2. The molecule has 0 radical (unpaired) electrons. The van der Waals surface area contributed by atoms with Gasteiger partial charge in [-0.15, -0.1) is 0 Å². The average molecular weight is 125 g/mol. The lowest BCUT2D eigenvalue weighted by atomic mass is 10.3. The van der Waals surface area contributed by atoms with Crippen LogP contribution in [0.2, 0.25) is 0 Å². The van der Waals surface area contributed by atoms with E-state index in [1.165, 1.54) is 0 Å². The SMILES string of the molecule is CC(/C=C(\C)N)=NC=N. The Morgan fingerprint density at radius 2 is 2.11 bits per heavy atom. The maximum Gasteiger partial charge on any atom is 0.107 e. The molecule has 50 valence electrons. The molecule has 3 N–H and O–H groups in total. The fourth-order valence-corrected chi connectivity index (χ4v) is 0.469. The second kappa shape index (κ2) is 3.83. The zero-order valence-electron chi connectivity index (χ0n) is 5.68. The van der Waals surface area contributed by atoms with E-state index in [-0.39, 0.29) is 0 Å². The summed E-state index contributed by atoms with van der Waals surface area (Å²) in [5.41, 5.74) is 6.79. The van der Waals surface area contributed by atoms with Crippen LogP contribution in [0.15, 0.2) is 16.8 Å². The van der Waals surface area contributed by atoms with E-state index in [4.69, 9.17) is 11.1 Å². The fourth-order valence-electron chi connectivity index (χ4n) is 0.469. The van der Waals surface area contributed by atoms with Gasteiger partial charge in [-0.1, -0.05) is 0 Å². The monoisotopic (exact) mass is 125 g/mol. The van der Waals surface area contributed by atoms with Gasteiger partial charge in [0.2, 0.25) is 0 Å². The van der Waals surface area contributed by atoms with Crippen LogP contribution in [0.4, 0.5) is 0 Å². The van der Waals surface area contributed by atoms with Crippen molar-refractivity contribution in [3.05, 3.63) is 11.8 Å². The fraction of sp³-hybridized carbons (Fsp3) is 0.333. The van der Waals surface area contributed by atoms with Crippen LogP contribution in [0.1, 0.15) is 13.8 Å². The molecule has 3 heteroatoms. The minimum Gasteiger partial charge on any atom is -0.402 e. The van der Waals surface area contributed by atoms with Gasteiger partial charge in [0, 0.05) is 11.4 Å². The summed E-state index contributed by atoms with van der Waals surface area (Å²) in [5, 5.41) is 6.59. The smallest absolute Gasteiger partial charge is 0.107 e. The number of aliphatic imine (C=N–C) groups is 1. The molecule has 0 fully saturated rings. The average Bonchev–Trinajstić information content (AvgIpc) is 1.63. The first-order valence-electron chi connectivity index (χ1n) is 2.64. The second-order valence-corrected chi connectivity index (χ2v) is 1.79. The molecule has 3 nitrogen and oxygen atoms in total. The molecule has 0 atom stereocenters. The first-order valence-corrected chi connectivity index (χ1v) is 2.64. The molecule has 0 saturated heterocycles. The molecular weight excluding hydrogens is 114 g/mol. The number of rotatable bonds is 2. The Labute approximate surface area is 54.8 Å². The Kier molecular flexibility index (Phi) is 3.35. The maximum absolute atomic E-state index is 6.59. The summed E-state index contributed by atoms with van der Waals surface area (Å²) >= 11 is 0. The van der Waals surface area contributed by atoms with Crippen LogP contribution in [0.25, 0.3) is 0 Å². The predicted octanol–water partition coefficient (Wildman–Crippen LogP) is 0.917. The van der Waals surface area contributed by atoms with Gasteiger partial charge in [0.15, 0.2) is 0 Å². The minimum absolute atomic E-state index is 0.707. The molecule has 0 aromatic carbocycles. The number of hydrogen-bond acceptors (Lipinski definition) is 2. The van der Waals surface area contributed by atoms with Crippen LogP contribution in [-0.4, -0.2) is 12.1 Å². The van der Waals surface area contributed by atoms with E-state index in [0.717, 1.165) is 12.1 Å². The molecule has 0 heterocycles. The summed E-state index contributed by atoms with van der Waals surface area (Å²) in [6.45, 7) is 3.57. The third-order valence-corrected chi connectivity index (χ3v) is 0.705. The highest BCUT2D eigenvalue weighted by Gasteiger charge is 1.80. The van der Waals surface area contributed by atoms with Crippen LogP contribution in [0, 0.1) is 5.41 Å². The summed E-state index contributed by atoms with van der Waals surface area (Å²) in [6.07, 6.45) is 2.71. The van der Waals surface area contributed by atoms with Gasteiger partial charge in [-0.25, -0.2) is 4.99 Å². The summed E-state index contributed by atoms with van der Waals surface area (Å²) in [6, 6.07) is 0. The molecule has 0 unspecified atom stereocenters. The Bertz CT molecular complexity index is 152. The zero-order chi connectivity index (χ0) is 7.28. The number of nitrogens with one attached hydrogen (secondary N) is 1.